The number of aliphatic hydroxyl groups is 1. The molecule has 1 aliphatic heterocycles. The summed E-state index contributed by atoms with van der Waals surface area (Å²) in [6, 6.07) is -0.172. The van der Waals surface area contributed by atoms with Crippen molar-refractivity contribution in [1.29, 1.82) is 0 Å². The third-order valence-electron chi connectivity index (χ3n) is 2.91. The highest BCUT2D eigenvalue weighted by Crippen LogP contribution is 2.17. The highest BCUT2D eigenvalue weighted by atomic mass is 19.2. The predicted octanol–water partition coefficient (Wildman–Crippen LogP) is 1.09. The van der Waals surface area contributed by atoms with Crippen molar-refractivity contribution in [2.24, 2.45) is 0 Å². The van der Waals surface area contributed by atoms with Crippen molar-refractivity contribution in [1.82, 2.24) is 10.0 Å². The van der Waals surface area contributed by atoms with E-state index in [1.165, 1.54) is 4.90 Å². The summed E-state index contributed by atoms with van der Waals surface area (Å²) >= 11 is 0. The molecule has 0 bridgehead atoms. The van der Waals surface area contributed by atoms with Gasteiger partial charge in [-0.15, -0.1) is 9.60 Å². The van der Waals surface area contributed by atoms with Gasteiger partial charge in [-0.1, -0.05) is 0 Å². The Balaban J connectivity index is 2.22. The summed E-state index contributed by atoms with van der Waals surface area (Å²) in [5.74, 6) is 0. The zero-order chi connectivity index (χ0) is 12.0. The van der Waals surface area contributed by atoms with Gasteiger partial charge < -0.3 is 15.1 Å². The van der Waals surface area contributed by atoms with Gasteiger partial charge in [0.1, 0.15) is 0 Å². The second kappa shape index (κ2) is 6.65. The van der Waals surface area contributed by atoms with E-state index < -0.39 is 6.09 Å². The fourth-order valence-corrected chi connectivity index (χ4v) is 1.89. The Labute approximate surface area is 94.4 Å². The molecule has 94 valence electrons. The van der Waals surface area contributed by atoms with Crippen molar-refractivity contribution >= 4 is 6.09 Å². The van der Waals surface area contributed by atoms with E-state index >= 15 is 0 Å². The summed E-state index contributed by atoms with van der Waals surface area (Å²) in [5.41, 5.74) is 0. The summed E-state index contributed by atoms with van der Waals surface area (Å²) in [4.78, 5) is 12.0. The molecule has 1 rings (SSSR count). The molecule has 1 saturated heterocycles. The molecule has 0 aromatic heterocycles. The van der Waals surface area contributed by atoms with Crippen molar-refractivity contribution in [3.63, 3.8) is 0 Å². The first-order valence-corrected chi connectivity index (χ1v) is 5.66. The topological polar surface area (TPSA) is 64.0 Å². The quantitative estimate of drug-likeness (QED) is 0.552. The van der Waals surface area contributed by atoms with Gasteiger partial charge in [-0.3, -0.25) is 0 Å². The number of hydrogen-bond donors (Lipinski definition) is 2. The number of nitrogens with zero attached hydrogens (tertiary/aromatic N) is 2. The molecule has 0 atom stereocenters. The van der Waals surface area contributed by atoms with E-state index in [9.17, 15) is 9.28 Å². The van der Waals surface area contributed by atoms with Crippen LogP contribution in [0, 0.1) is 0 Å². The molecule has 0 radical (unpaired) electrons. The third-order valence-corrected chi connectivity index (χ3v) is 2.91. The monoisotopic (exact) mass is 234 g/mol. The van der Waals surface area contributed by atoms with E-state index in [1.54, 1.807) is 0 Å². The summed E-state index contributed by atoms with van der Waals surface area (Å²) in [5, 5.41) is 18.1. The Morgan fingerprint density at radius 1 is 1.38 bits per heavy atom. The van der Waals surface area contributed by atoms with E-state index in [2.05, 4.69) is 0 Å². The maximum atomic E-state index is 13.5. The smallest absolute Gasteiger partial charge is 0.407 e. The lowest BCUT2D eigenvalue weighted by molar-refractivity contribution is -0.0449. The molecular formula is C10H19FN2O3. The highest BCUT2D eigenvalue weighted by molar-refractivity contribution is 5.65. The van der Waals surface area contributed by atoms with Gasteiger partial charge in [0.15, 0.2) is 0 Å². The molecule has 1 amide bonds. The first-order valence-electron chi connectivity index (χ1n) is 5.66. The standard InChI is InChI=1S/C10H19FN2O3/c11-13(5-1-2-8-14)9-3-6-12(7-4-9)10(15)16/h9,14H,1-8H2,(H,15,16). The molecule has 1 heterocycles. The van der Waals surface area contributed by atoms with Gasteiger partial charge in [0.2, 0.25) is 0 Å². The van der Waals surface area contributed by atoms with Crippen LogP contribution in [0.2, 0.25) is 0 Å². The number of halogens is 1. The van der Waals surface area contributed by atoms with Crippen LogP contribution in [0.4, 0.5) is 9.28 Å². The van der Waals surface area contributed by atoms with E-state index in [0.717, 1.165) is 5.12 Å². The predicted molar refractivity (Wildman–Crippen MR) is 56.8 cm³/mol. The van der Waals surface area contributed by atoms with Gasteiger partial charge in [0.05, 0.1) is 0 Å². The average Bonchev–Trinajstić information content (AvgIpc) is 2.29. The van der Waals surface area contributed by atoms with Gasteiger partial charge in [0.25, 0.3) is 0 Å². The Morgan fingerprint density at radius 3 is 2.50 bits per heavy atom. The minimum atomic E-state index is -0.927. The molecule has 0 spiro atoms. The molecule has 5 nitrogen and oxygen atoms in total. The Hall–Kier alpha value is -0.880. The minimum absolute atomic E-state index is 0.0886. The van der Waals surface area contributed by atoms with Crippen LogP contribution < -0.4 is 0 Å². The number of likely N-dealkylation sites (tertiary alicyclic amines) is 1. The number of piperidine rings is 1. The highest BCUT2D eigenvalue weighted by Gasteiger charge is 2.26. The molecule has 0 unspecified atom stereocenters. The van der Waals surface area contributed by atoms with Crippen LogP contribution in [0.5, 0.6) is 0 Å². The molecule has 16 heavy (non-hydrogen) atoms. The van der Waals surface area contributed by atoms with Crippen LogP contribution in [0.25, 0.3) is 0 Å². The average molecular weight is 234 g/mol. The summed E-state index contributed by atoms with van der Waals surface area (Å²) in [6.45, 7) is 1.21. The Morgan fingerprint density at radius 2 is 2.00 bits per heavy atom. The fraction of sp³-hybridized carbons (Fsp3) is 0.900. The lowest BCUT2D eigenvalue weighted by Gasteiger charge is -2.32. The number of carboxylic acid groups (broad SMARTS) is 1. The van der Waals surface area contributed by atoms with E-state index in [-0.39, 0.29) is 12.6 Å². The fourth-order valence-electron chi connectivity index (χ4n) is 1.89. The number of hydrogen-bond acceptors (Lipinski definition) is 3. The second-order valence-electron chi connectivity index (χ2n) is 4.05. The van der Waals surface area contributed by atoms with Crippen LogP contribution in [-0.4, -0.2) is 58.6 Å². The maximum absolute atomic E-state index is 13.5. The van der Waals surface area contributed by atoms with E-state index in [0.29, 0.717) is 45.3 Å². The normalized spacial score (nSPS) is 18.1. The molecular weight excluding hydrogens is 215 g/mol. The van der Waals surface area contributed by atoms with Gasteiger partial charge in [-0.25, -0.2) is 4.79 Å². The van der Waals surface area contributed by atoms with Crippen LogP contribution in [0.15, 0.2) is 0 Å². The van der Waals surface area contributed by atoms with Crippen molar-refractivity contribution in [3.05, 3.63) is 0 Å². The lowest BCUT2D eigenvalue weighted by atomic mass is 10.1. The minimum Gasteiger partial charge on any atom is -0.465 e. The zero-order valence-corrected chi connectivity index (χ0v) is 9.31. The molecule has 1 fully saturated rings. The van der Waals surface area contributed by atoms with Crippen LogP contribution >= 0.6 is 0 Å². The van der Waals surface area contributed by atoms with Crippen molar-refractivity contribution < 1.29 is 19.5 Å². The van der Waals surface area contributed by atoms with Crippen LogP contribution in [0.1, 0.15) is 25.7 Å². The molecule has 0 saturated carbocycles. The molecule has 0 aromatic rings. The molecule has 0 aliphatic carbocycles. The van der Waals surface area contributed by atoms with Crippen molar-refractivity contribution in [2.75, 3.05) is 26.2 Å². The summed E-state index contributed by atoms with van der Waals surface area (Å²) < 4.78 is 13.5. The third kappa shape index (κ3) is 3.94. The molecule has 0 aromatic carbocycles. The first kappa shape index (κ1) is 13.2. The zero-order valence-electron chi connectivity index (χ0n) is 9.31. The Bertz CT molecular complexity index is 220. The number of unbranched alkanes of at least 4 members (excludes halogenated alkanes) is 1. The lowest BCUT2D eigenvalue weighted by Crippen LogP contribution is -2.44. The van der Waals surface area contributed by atoms with Crippen molar-refractivity contribution in [2.45, 2.75) is 31.7 Å². The number of rotatable bonds is 5. The molecule has 1 aliphatic rings. The summed E-state index contributed by atoms with van der Waals surface area (Å²) in [7, 11) is 0. The van der Waals surface area contributed by atoms with Gasteiger partial charge >= 0.3 is 6.09 Å². The number of aliphatic hydroxyl groups excluding tert-OH is 1. The second-order valence-corrected chi connectivity index (χ2v) is 4.05. The number of amides is 1. The van der Waals surface area contributed by atoms with Gasteiger partial charge in [-0.05, 0) is 25.7 Å². The summed E-state index contributed by atoms with van der Waals surface area (Å²) in [6.07, 6.45) is 1.40. The SMILES string of the molecule is O=C(O)N1CCC(N(F)CCCCO)CC1. The van der Waals surface area contributed by atoms with Gasteiger partial charge in [-0.2, -0.15) is 0 Å². The van der Waals surface area contributed by atoms with Crippen LogP contribution in [0.3, 0.4) is 0 Å². The molecule has 2 N–H and O–H groups in total. The van der Waals surface area contributed by atoms with E-state index in [1.807, 2.05) is 0 Å². The largest absolute Gasteiger partial charge is 0.465 e. The molecule has 6 heteroatoms. The van der Waals surface area contributed by atoms with Gasteiger partial charge in [0, 0.05) is 32.3 Å². The Kier molecular flexibility index (Phi) is 5.48. The van der Waals surface area contributed by atoms with Crippen molar-refractivity contribution in [3.8, 4) is 0 Å². The maximum Gasteiger partial charge on any atom is 0.407 e. The number of carbonyl (C=O) groups is 1. The first-order chi connectivity index (χ1) is 7.65. The van der Waals surface area contributed by atoms with E-state index in [4.69, 9.17) is 10.2 Å². The van der Waals surface area contributed by atoms with Crippen LogP contribution in [-0.2, 0) is 0 Å².